The van der Waals surface area contributed by atoms with Crippen molar-refractivity contribution in [1.82, 2.24) is 5.32 Å². The minimum Gasteiger partial charge on any atom is -0.434 e. The first kappa shape index (κ1) is 23.0. The van der Waals surface area contributed by atoms with Crippen molar-refractivity contribution in [2.24, 2.45) is 0 Å². The molecule has 0 bridgehead atoms. The summed E-state index contributed by atoms with van der Waals surface area (Å²) in [6.07, 6.45) is 2.37. The molecule has 0 aliphatic carbocycles. The van der Waals surface area contributed by atoms with Crippen molar-refractivity contribution < 1.29 is 28.6 Å². The molecule has 0 aromatic heterocycles. The lowest BCUT2D eigenvalue weighted by Gasteiger charge is -2.15. The summed E-state index contributed by atoms with van der Waals surface area (Å²) >= 11 is 0. The molecule has 0 spiro atoms. The molecule has 1 fully saturated rings. The topological polar surface area (TPSA) is 103 Å². The Labute approximate surface area is 186 Å². The first-order valence-corrected chi connectivity index (χ1v) is 10.4. The van der Waals surface area contributed by atoms with Crippen LogP contribution in [-0.2, 0) is 20.8 Å². The summed E-state index contributed by atoms with van der Waals surface area (Å²) in [5.74, 6) is -0.210. The number of hydrogen-bond donors (Lipinski definition) is 2. The molecule has 3 rings (SSSR count). The molecule has 168 valence electrons. The number of benzene rings is 2. The Morgan fingerprint density at radius 1 is 1.03 bits per heavy atom. The van der Waals surface area contributed by atoms with Crippen molar-refractivity contribution in [2.75, 3.05) is 25.1 Å². The van der Waals surface area contributed by atoms with Crippen LogP contribution in [0.3, 0.4) is 0 Å². The Morgan fingerprint density at radius 2 is 1.75 bits per heavy atom. The Kier molecular flexibility index (Phi) is 8.39. The lowest BCUT2D eigenvalue weighted by atomic mass is 10.1. The van der Waals surface area contributed by atoms with Gasteiger partial charge in [-0.05, 0) is 55.7 Å². The van der Waals surface area contributed by atoms with E-state index in [0.717, 1.165) is 24.0 Å². The highest BCUT2D eigenvalue weighted by Crippen LogP contribution is 2.18. The zero-order valence-electron chi connectivity index (χ0n) is 17.9. The van der Waals surface area contributed by atoms with Gasteiger partial charge in [-0.25, -0.2) is 4.79 Å². The minimum absolute atomic E-state index is 0.166. The van der Waals surface area contributed by atoms with Crippen LogP contribution in [0.5, 0.6) is 5.75 Å². The van der Waals surface area contributed by atoms with Gasteiger partial charge in [0.05, 0.1) is 19.8 Å². The fourth-order valence-electron chi connectivity index (χ4n) is 3.11. The first-order chi connectivity index (χ1) is 15.5. The number of hydrogen-bond acceptors (Lipinski definition) is 6. The van der Waals surface area contributed by atoms with Gasteiger partial charge >= 0.3 is 6.16 Å². The highest BCUT2D eigenvalue weighted by molar-refractivity contribution is 6.04. The Bertz CT molecular complexity index is 976. The van der Waals surface area contributed by atoms with Gasteiger partial charge in [-0.2, -0.15) is 0 Å². The number of rotatable bonds is 7. The molecule has 1 aliphatic heterocycles. The van der Waals surface area contributed by atoms with Gasteiger partial charge in [-0.1, -0.05) is 23.8 Å². The van der Waals surface area contributed by atoms with Crippen LogP contribution in [0.1, 0.15) is 35.7 Å². The smallest absolute Gasteiger partial charge is 0.434 e. The molecule has 0 saturated carbocycles. The van der Waals surface area contributed by atoms with Crippen LogP contribution in [0.2, 0.25) is 0 Å². The van der Waals surface area contributed by atoms with Gasteiger partial charge in [0.1, 0.15) is 5.75 Å². The average molecular weight is 438 g/mol. The van der Waals surface area contributed by atoms with Gasteiger partial charge in [0.15, 0.2) is 0 Å². The van der Waals surface area contributed by atoms with Crippen LogP contribution in [0.25, 0.3) is 0 Å². The average Bonchev–Trinajstić information content (AvgIpc) is 2.80. The number of carbonyl (C=O) groups excluding carboxylic acids is 3. The molecule has 2 amide bonds. The van der Waals surface area contributed by atoms with Crippen molar-refractivity contribution in [3.8, 4) is 5.75 Å². The minimum atomic E-state index is -0.798. The summed E-state index contributed by atoms with van der Waals surface area (Å²) in [6.45, 7) is 3.46. The van der Waals surface area contributed by atoms with Crippen molar-refractivity contribution in [3.05, 3.63) is 71.3 Å². The largest absolute Gasteiger partial charge is 0.513 e. The highest BCUT2D eigenvalue weighted by atomic mass is 16.7. The maximum atomic E-state index is 12.7. The Hall–Kier alpha value is -3.65. The van der Waals surface area contributed by atoms with E-state index in [0.29, 0.717) is 24.5 Å². The third-order valence-electron chi connectivity index (χ3n) is 4.77. The predicted molar refractivity (Wildman–Crippen MR) is 118 cm³/mol. The van der Waals surface area contributed by atoms with Crippen LogP contribution in [0.15, 0.2) is 60.2 Å². The van der Waals surface area contributed by atoms with E-state index in [4.69, 9.17) is 14.2 Å². The number of anilines is 1. The van der Waals surface area contributed by atoms with E-state index in [2.05, 4.69) is 10.6 Å². The fraction of sp³-hybridized carbons (Fsp3) is 0.292. The Balaban J connectivity index is 1.58. The normalized spacial score (nSPS) is 13.1. The highest BCUT2D eigenvalue weighted by Gasteiger charge is 2.12. The molecule has 32 heavy (non-hydrogen) atoms. The molecule has 1 saturated heterocycles. The number of nitrogens with one attached hydrogen (secondary N) is 2. The molecule has 0 unspecified atom stereocenters. The summed E-state index contributed by atoms with van der Waals surface area (Å²) in [5, 5.41) is 5.73. The zero-order chi connectivity index (χ0) is 22.8. The van der Waals surface area contributed by atoms with Crippen LogP contribution in [0, 0.1) is 0 Å². The molecule has 1 heterocycles. The first-order valence-electron chi connectivity index (χ1n) is 10.4. The molecule has 2 N–H and O–H groups in total. The third-order valence-corrected chi connectivity index (χ3v) is 4.77. The number of para-hydroxylation sites is 1. The van der Waals surface area contributed by atoms with Crippen LogP contribution in [0.4, 0.5) is 10.5 Å². The van der Waals surface area contributed by atoms with E-state index in [9.17, 15) is 14.4 Å². The second kappa shape index (κ2) is 11.7. The van der Waals surface area contributed by atoms with E-state index in [1.165, 1.54) is 12.1 Å². The molecular weight excluding hydrogens is 412 g/mol. The van der Waals surface area contributed by atoms with E-state index in [1.807, 2.05) is 12.1 Å². The van der Waals surface area contributed by atoms with Gasteiger partial charge in [0.25, 0.3) is 5.91 Å². The van der Waals surface area contributed by atoms with Crippen molar-refractivity contribution >= 4 is 23.7 Å². The van der Waals surface area contributed by atoms with Gasteiger partial charge in [-0.3, -0.25) is 9.59 Å². The van der Waals surface area contributed by atoms with Crippen molar-refractivity contribution in [3.63, 3.8) is 0 Å². The lowest BCUT2D eigenvalue weighted by Crippen LogP contribution is -2.23. The second-order valence-electron chi connectivity index (χ2n) is 7.05. The van der Waals surface area contributed by atoms with E-state index in [-0.39, 0.29) is 30.7 Å². The molecule has 0 atom stereocenters. The van der Waals surface area contributed by atoms with Crippen molar-refractivity contribution in [2.45, 2.75) is 26.3 Å². The van der Waals surface area contributed by atoms with Gasteiger partial charge in [0, 0.05) is 23.9 Å². The molecule has 2 aromatic carbocycles. The van der Waals surface area contributed by atoms with Crippen molar-refractivity contribution in [1.29, 1.82) is 0 Å². The summed E-state index contributed by atoms with van der Waals surface area (Å²) < 4.78 is 15.0. The number of amides is 2. The maximum Gasteiger partial charge on any atom is 0.513 e. The molecule has 1 aliphatic rings. The van der Waals surface area contributed by atoms with Gasteiger partial charge in [-0.15, -0.1) is 0 Å². The monoisotopic (exact) mass is 438 g/mol. The summed E-state index contributed by atoms with van der Waals surface area (Å²) in [6, 6.07) is 13.4. The predicted octanol–water partition coefficient (Wildman–Crippen LogP) is 3.83. The maximum absolute atomic E-state index is 12.7. The summed E-state index contributed by atoms with van der Waals surface area (Å²) in [4.78, 5) is 36.2. The molecule has 8 heteroatoms. The number of ether oxygens (including phenoxy) is 3. The standard InChI is InChI=1S/C24H26N2O6/c1-2-31-24(29)32-20-9-7-18(8-10-20)23(28)26-21-6-4-3-5-19(21)16-25-22(27)15-17-11-13-30-14-12-17/h3-10,15H,2,11-14,16H2,1H3,(H,25,27)(H,26,28). The van der Waals surface area contributed by atoms with Gasteiger partial charge in [0.2, 0.25) is 5.91 Å². The summed E-state index contributed by atoms with van der Waals surface area (Å²) in [5.41, 5.74) is 2.85. The molecule has 0 radical (unpaired) electrons. The van der Waals surface area contributed by atoms with Crippen LogP contribution >= 0.6 is 0 Å². The summed E-state index contributed by atoms with van der Waals surface area (Å²) in [7, 11) is 0. The molecule has 2 aromatic rings. The van der Waals surface area contributed by atoms with E-state index in [1.54, 1.807) is 37.3 Å². The molecular formula is C24H26N2O6. The fourth-order valence-corrected chi connectivity index (χ4v) is 3.11. The molecule has 8 nitrogen and oxygen atoms in total. The van der Waals surface area contributed by atoms with Gasteiger partial charge < -0.3 is 24.8 Å². The van der Waals surface area contributed by atoms with E-state index >= 15 is 0 Å². The zero-order valence-corrected chi connectivity index (χ0v) is 17.9. The quantitative estimate of drug-likeness (QED) is 0.387. The SMILES string of the molecule is CCOC(=O)Oc1ccc(C(=O)Nc2ccccc2CNC(=O)C=C2CCOCC2)cc1. The lowest BCUT2D eigenvalue weighted by molar-refractivity contribution is -0.116. The number of carbonyl (C=O) groups is 3. The van der Waals surface area contributed by atoms with E-state index < -0.39 is 6.16 Å². The van der Waals surface area contributed by atoms with Crippen LogP contribution < -0.4 is 15.4 Å². The van der Waals surface area contributed by atoms with Crippen LogP contribution in [-0.4, -0.2) is 37.8 Å². The second-order valence-corrected chi connectivity index (χ2v) is 7.05. The Morgan fingerprint density at radius 3 is 2.47 bits per heavy atom. The third kappa shape index (κ3) is 6.95.